The van der Waals surface area contributed by atoms with Crippen LogP contribution in [0.2, 0.25) is 24.8 Å². The van der Waals surface area contributed by atoms with Gasteiger partial charge in [-0.3, -0.25) is 4.79 Å². The summed E-state index contributed by atoms with van der Waals surface area (Å²) in [6.45, 7) is 6.58. The fourth-order valence-corrected chi connectivity index (χ4v) is 4.60. The van der Waals surface area contributed by atoms with E-state index < -0.39 is 29.4 Å². The first kappa shape index (κ1) is 22.2. The van der Waals surface area contributed by atoms with Crippen LogP contribution in [0.3, 0.4) is 0 Å². The second kappa shape index (κ2) is 8.71. The summed E-state index contributed by atoms with van der Waals surface area (Å²) in [4.78, 5) is 16.8. The van der Waals surface area contributed by atoms with Crippen LogP contribution in [-0.4, -0.2) is 49.0 Å². The number of hydrogen-bond donors (Lipinski definition) is 0. The molecule has 0 N–H and O–H groups in total. The third-order valence-corrected chi connectivity index (χ3v) is 6.94. The number of ketones is 1. The van der Waals surface area contributed by atoms with Crippen LogP contribution < -0.4 is 4.74 Å². The minimum Gasteiger partial charge on any atom is -0.480 e. The molecule has 0 saturated heterocycles. The summed E-state index contributed by atoms with van der Waals surface area (Å²) in [5, 5.41) is 4.23. The van der Waals surface area contributed by atoms with Crippen molar-refractivity contribution in [3.05, 3.63) is 65.4 Å². The van der Waals surface area contributed by atoms with Crippen molar-refractivity contribution in [1.29, 1.82) is 0 Å². The lowest BCUT2D eigenvalue weighted by molar-refractivity contribution is 0.102. The lowest BCUT2D eigenvalue weighted by Gasteiger charge is -2.14. The van der Waals surface area contributed by atoms with Gasteiger partial charge < -0.3 is 4.74 Å². The van der Waals surface area contributed by atoms with E-state index in [4.69, 9.17) is 16.3 Å². The topological polar surface area (TPSA) is 91.2 Å². The lowest BCUT2D eigenvalue weighted by Crippen LogP contribution is -2.30. The Kier molecular flexibility index (Phi) is 6.44. The molecule has 0 aliphatic heterocycles. The van der Waals surface area contributed by atoms with E-state index >= 15 is 0 Å². The zero-order valence-corrected chi connectivity index (χ0v) is 19.4. The number of nitrogens with zero attached hydrogens (tertiary/aromatic N) is 3. The van der Waals surface area contributed by atoms with Crippen molar-refractivity contribution in [2.45, 2.75) is 24.5 Å². The van der Waals surface area contributed by atoms with E-state index in [1.165, 1.54) is 22.9 Å². The Bertz CT molecular complexity index is 1160. The van der Waals surface area contributed by atoms with E-state index in [2.05, 4.69) is 29.7 Å². The Labute approximate surface area is 181 Å². The van der Waals surface area contributed by atoms with Gasteiger partial charge in [0.15, 0.2) is 21.4 Å². The van der Waals surface area contributed by atoms with Crippen LogP contribution >= 0.6 is 11.6 Å². The summed E-state index contributed by atoms with van der Waals surface area (Å²) in [7, 11) is -5.15. The Balaban J connectivity index is 1.76. The van der Waals surface area contributed by atoms with Crippen LogP contribution in [0.4, 0.5) is 0 Å². The van der Waals surface area contributed by atoms with E-state index in [-0.39, 0.29) is 15.6 Å². The van der Waals surface area contributed by atoms with Crippen molar-refractivity contribution in [2.24, 2.45) is 0 Å². The maximum absolute atomic E-state index is 12.5. The predicted octanol–water partition coefficient (Wildman–Crippen LogP) is 3.83. The summed E-state index contributed by atoms with van der Waals surface area (Å²) in [6.07, 6.45) is 2.32. The highest BCUT2D eigenvalue weighted by atomic mass is 35.5. The molecule has 1 aromatic carbocycles. The van der Waals surface area contributed by atoms with Crippen molar-refractivity contribution in [3.8, 4) is 11.7 Å². The van der Waals surface area contributed by atoms with Gasteiger partial charge in [0.05, 0.1) is 24.8 Å². The number of halogens is 1. The molecule has 7 nitrogen and oxygen atoms in total. The van der Waals surface area contributed by atoms with Crippen LogP contribution in [0.1, 0.15) is 10.4 Å². The second-order valence-corrected chi connectivity index (χ2v) is 15.7. The van der Waals surface area contributed by atoms with Gasteiger partial charge in [0, 0.05) is 12.3 Å². The first-order chi connectivity index (χ1) is 14.0. The first-order valence-corrected chi connectivity index (χ1v) is 15.0. The van der Waals surface area contributed by atoms with Gasteiger partial charge in [-0.1, -0.05) is 49.4 Å². The number of Topliss-reactive ketones (excluding diaryl/α,β-unsaturated/α-hetero) is 1. The smallest absolute Gasteiger partial charge is 0.232 e. The molecule has 30 heavy (non-hydrogen) atoms. The first-order valence-electron chi connectivity index (χ1n) is 9.22. The average molecular weight is 464 g/mol. The Hall–Kier alpha value is -2.49. The van der Waals surface area contributed by atoms with Gasteiger partial charge >= 0.3 is 0 Å². The molecule has 0 aliphatic rings. The van der Waals surface area contributed by atoms with Gasteiger partial charge in [-0.2, -0.15) is 0 Å². The maximum atomic E-state index is 12.5. The molecule has 158 valence electrons. The van der Waals surface area contributed by atoms with Gasteiger partial charge in [0.25, 0.3) is 0 Å². The average Bonchev–Trinajstić information content (AvgIpc) is 3.15. The molecule has 0 aliphatic carbocycles. The van der Waals surface area contributed by atoms with E-state index in [0.29, 0.717) is 17.9 Å². The zero-order chi connectivity index (χ0) is 21.9. The Morgan fingerprint density at radius 1 is 1.10 bits per heavy atom. The molecule has 0 amide bonds. The molecule has 0 radical (unpaired) electrons. The molecule has 10 heteroatoms. The monoisotopic (exact) mass is 463 g/mol. The molecule has 0 bridgehead atoms. The number of rotatable bonds is 8. The van der Waals surface area contributed by atoms with Crippen LogP contribution in [0.15, 0.2) is 59.6 Å². The van der Waals surface area contributed by atoms with Gasteiger partial charge in [0.1, 0.15) is 10.9 Å². The van der Waals surface area contributed by atoms with Crippen LogP contribution in [-0.2, 0) is 9.84 Å². The van der Waals surface area contributed by atoms with Crippen molar-refractivity contribution in [3.63, 3.8) is 0 Å². The second-order valence-electron chi connectivity index (χ2n) is 7.95. The molecule has 0 fully saturated rings. The normalized spacial score (nSPS) is 12.0. The molecule has 3 aromatic rings. The number of benzene rings is 1. The van der Waals surface area contributed by atoms with Crippen molar-refractivity contribution in [1.82, 2.24) is 14.8 Å². The number of sulfone groups is 1. The fourth-order valence-electron chi connectivity index (χ4n) is 2.52. The van der Waals surface area contributed by atoms with Crippen LogP contribution in [0.5, 0.6) is 5.88 Å². The molecular weight excluding hydrogens is 442 g/mol. The van der Waals surface area contributed by atoms with Gasteiger partial charge in [0.2, 0.25) is 5.88 Å². The van der Waals surface area contributed by atoms with Crippen molar-refractivity contribution >= 4 is 35.3 Å². The molecule has 2 heterocycles. The fraction of sp³-hybridized carbons (Fsp3) is 0.250. The maximum Gasteiger partial charge on any atom is 0.232 e. The number of carbonyl (C=O) groups excluding carboxylic acids is 1. The molecule has 0 atom stereocenters. The predicted molar refractivity (Wildman–Crippen MR) is 118 cm³/mol. The molecule has 2 aromatic heterocycles. The summed E-state index contributed by atoms with van der Waals surface area (Å²) in [5.74, 6) is -0.439. The van der Waals surface area contributed by atoms with Gasteiger partial charge in [-0.15, -0.1) is 5.10 Å². The summed E-state index contributed by atoms with van der Waals surface area (Å²) >= 11 is 6.18. The molecule has 0 saturated carbocycles. The van der Waals surface area contributed by atoms with Crippen LogP contribution in [0.25, 0.3) is 5.82 Å². The quantitative estimate of drug-likeness (QED) is 0.286. The van der Waals surface area contributed by atoms with E-state index in [0.717, 1.165) is 0 Å². The van der Waals surface area contributed by atoms with E-state index in [9.17, 15) is 13.2 Å². The minimum absolute atomic E-state index is 0.0438. The summed E-state index contributed by atoms with van der Waals surface area (Å²) in [6, 6.07) is 12.6. The van der Waals surface area contributed by atoms with E-state index in [1.54, 1.807) is 36.5 Å². The van der Waals surface area contributed by atoms with Crippen molar-refractivity contribution in [2.75, 3.05) is 12.0 Å². The van der Waals surface area contributed by atoms with Crippen LogP contribution in [0, 0.1) is 0 Å². The number of hydrogen-bond acceptors (Lipinski definition) is 6. The summed E-state index contributed by atoms with van der Waals surface area (Å²) < 4.78 is 32.1. The highest BCUT2D eigenvalue weighted by molar-refractivity contribution is 7.92. The third-order valence-electron chi connectivity index (χ3n) is 4.01. The lowest BCUT2D eigenvalue weighted by atomic mass is 10.2. The Morgan fingerprint density at radius 2 is 1.80 bits per heavy atom. The van der Waals surface area contributed by atoms with Gasteiger partial charge in [-0.25, -0.2) is 18.1 Å². The highest BCUT2D eigenvalue weighted by Gasteiger charge is 2.23. The third kappa shape index (κ3) is 5.56. The standard InChI is InChI=1S/C20H22ClN3O4SSi/c1-30(2,3)14-28-19-11-12-24(23-19)18-10-9-16(20(21)22-18)17(25)13-29(26,27)15-7-5-4-6-8-15/h4-12H,13-14H2,1-3H3. The summed E-state index contributed by atoms with van der Waals surface area (Å²) in [5.41, 5.74) is 0.0438. The molecule has 0 spiro atoms. The highest BCUT2D eigenvalue weighted by Crippen LogP contribution is 2.20. The van der Waals surface area contributed by atoms with Gasteiger partial charge in [-0.05, 0) is 24.3 Å². The SMILES string of the molecule is C[Si](C)(C)COc1ccn(-c2ccc(C(=O)CS(=O)(=O)c3ccccc3)c(Cl)n2)n1. The molecular formula is C20H22ClN3O4SSi. The number of pyridine rings is 1. The minimum atomic E-state index is -3.77. The largest absolute Gasteiger partial charge is 0.480 e. The van der Waals surface area contributed by atoms with E-state index in [1.807, 2.05) is 0 Å². The number of aromatic nitrogens is 3. The Morgan fingerprint density at radius 3 is 2.43 bits per heavy atom. The molecule has 0 unspecified atom stereocenters. The van der Waals surface area contributed by atoms with Crippen molar-refractivity contribution < 1.29 is 17.9 Å². The zero-order valence-electron chi connectivity index (χ0n) is 16.9. The number of carbonyl (C=O) groups is 1. The molecule has 3 rings (SSSR count). The number of ether oxygens (including phenoxy) is 1.